The molecular formula is C28H29F4N3O7S. The number of benzene rings is 1. The Morgan fingerprint density at radius 3 is 2.51 bits per heavy atom. The molecule has 43 heavy (non-hydrogen) atoms. The lowest BCUT2D eigenvalue weighted by molar-refractivity contribution is -0.138. The van der Waals surface area contributed by atoms with Crippen molar-refractivity contribution in [2.24, 2.45) is 5.92 Å². The summed E-state index contributed by atoms with van der Waals surface area (Å²) in [4.78, 5) is 42.7. The molecule has 0 radical (unpaired) electrons. The Morgan fingerprint density at radius 2 is 1.88 bits per heavy atom. The minimum absolute atomic E-state index is 0.0513. The molecule has 1 saturated heterocycles. The van der Waals surface area contributed by atoms with E-state index in [1.54, 1.807) is 13.8 Å². The summed E-state index contributed by atoms with van der Waals surface area (Å²) < 4.78 is 90.3. The monoisotopic (exact) mass is 627 g/mol. The summed E-state index contributed by atoms with van der Waals surface area (Å²) in [6, 6.07) is 4.39. The van der Waals surface area contributed by atoms with E-state index in [2.05, 4.69) is 10.3 Å². The summed E-state index contributed by atoms with van der Waals surface area (Å²) in [6.45, 7) is 4.44. The summed E-state index contributed by atoms with van der Waals surface area (Å²) >= 11 is 0. The zero-order chi connectivity index (χ0) is 31.7. The van der Waals surface area contributed by atoms with Crippen molar-refractivity contribution in [3.8, 4) is 0 Å². The molecule has 1 aliphatic rings. The Balaban J connectivity index is 1.47. The minimum Gasteiger partial charge on any atom is -0.449 e. The molecule has 1 N–H and O–H groups in total. The average molecular weight is 628 g/mol. The highest BCUT2D eigenvalue weighted by molar-refractivity contribution is 7.89. The number of esters is 1. The van der Waals surface area contributed by atoms with E-state index in [9.17, 15) is 40.4 Å². The van der Waals surface area contributed by atoms with Gasteiger partial charge in [0.15, 0.2) is 16.9 Å². The summed E-state index contributed by atoms with van der Waals surface area (Å²) in [5, 5.41) is 2.22. The molecule has 3 aromatic rings. The van der Waals surface area contributed by atoms with Crippen LogP contribution in [-0.2, 0) is 30.5 Å². The highest BCUT2D eigenvalue weighted by Gasteiger charge is 2.39. The number of rotatable bonds is 8. The fourth-order valence-corrected chi connectivity index (χ4v) is 6.17. The Bertz CT molecular complexity index is 1620. The smallest absolute Gasteiger partial charge is 0.417 e. The number of carbonyl (C=O) groups excluding carboxylic acids is 3. The average Bonchev–Trinajstić information content (AvgIpc) is 3.29. The number of amides is 1. The van der Waals surface area contributed by atoms with Gasteiger partial charge in [-0.05, 0) is 68.5 Å². The number of hydrogen-bond donors (Lipinski definition) is 1. The van der Waals surface area contributed by atoms with Crippen molar-refractivity contribution >= 4 is 38.7 Å². The molecule has 15 heteroatoms. The molecule has 0 spiro atoms. The van der Waals surface area contributed by atoms with Gasteiger partial charge in [0.25, 0.3) is 15.9 Å². The van der Waals surface area contributed by atoms with Gasteiger partial charge in [0.2, 0.25) is 5.76 Å². The number of pyridine rings is 1. The fourth-order valence-electron chi connectivity index (χ4n) is 4.63. The van der Waals surface area contributed by atoms with Gasteiger partial charge in [0.05, 0.1) is 18.2 Å². The van der Waals surface area contributed by atoms with Crippen LogP contribution in [0.3, 0.4) is 0 Å². The molecule has 0 aliphatic carbocycles. The van der Waals surface area contributed by atoms with E-state index in [1.165, 1.54) is 25.1 Å². The first-order chi connectivity index (χ1) is 20.1. The van der Waals surface area contributed by atoms with E-state index in [0.717, 1.165) is 16.4 Å². The normalized spacial score (nSPS) is 19.3. The van der Waals surface area contributed by atoms with Gasteiger partial charge < -0.3 is 14.5 Å². The molecule has 1 fully saturated rings. The Hall–Kier alpha value is -3.85. The quantitative estimate of drug-likeness (QED) is 0.285. The molecule has 3 atom stereocenters. The minimum atomic E-state index is -4.71. The molecule has 2 aromatic heterocycles. The van der Waals surface area contributed by atoms with Gasteiger partial charge in [-0.25, -0.2) is 22.6 Å². The van der Waals surface area contributed by atoms with E-state index in [-0.39, 0.29) is 36.5 Å². The molecular weight excluding hydrogens is 598 g/mol. The predicted octanol–water partition coefficient (Wildman–Crippen LogP) is 4.48. The molecule has 1 amide bonds. The second kappa shape index (κ2) is 12.4. The maximum Gasteiger partial charge on any atom is 0.417 e. The number of carbonyl (C=O) groups is 3. The fraction of sp³-hybridized carbons (Fsp3) is 0.429. The van der Waals surface area contributed by atoms with Crippen LogP contribution in [-0.4, -0.2) is 60.1 Å². The SMILES string of the molecule is CC(C)C[C@H](OC(=O)c1cc2cc(F)ccc2o1)C(=O)N[C@H]1CC[C@@H](C)N(S(=O)(=O)c2ccc(C(F)(F)F)cn2)CC1=O. The first kappa shape index (κ1) is 32.1. The number of halogens is 4. The molecule has 1 aliphatic heterocycles. The summed E-state index contributed by atoms with van der Waals surface area (Å²) in [5.41, 5.74) is -0.887. The van der Waals surface area contributed by atoms with Gasteiger partial charge in [-0.1, -0.05) is 13.8 Å². The van der Waals surface area contributed by atoms with Gasteiger partial charge in [0.1, 0.15) is 11.4 Å². The van der Waals surface area contributed by atoms with Crippen molar-refractivity contribution in [1.82, 2.24) is 14.6 Å². The molecule has 0 unspecified atom stereocenters. The van der Waals surface area contributed by atoms with Crippen LogP contribution in [0.1, 0.15) is 56.2 Å². The van der Waals surface area contributed by atoms with Gasteiger partial charge in [-0.2, -0.15) is 17.5 Å². The van der Waals surface area contributed by atoms with E-state index < -0.39 is 75.0 Å². The third-order valence-electron chi connectivity index (χ3n) is 6.92. The Labute approximate surface area is 244 Å². The number of nitrogens with one attached hydrogen (secondary N) is 1. The number of ketones is 1. The largest absolute Gasteiger partial charge is 0.449 e. The van der Waals surface area contributed by atoms with Crippen molar-refractivity contribution in [3.63, 3.8) is 0 Å². The van der Waals surface area contributed by atoms with Crippen LogP contribution in [0.2, 0.25) is 0 Å². The van der Waals surface area contributed by atoms with E-state index in [4.69, 9.17) is 9.15 Å². The molecule has 3 heterocycles. The highest BCUT2D eigenvalue weighted by Crippen LogP contribution is 2.30. The number of aromatic nitrogens is 1. The predicted molar refractivity (Wildman–Crippen MR) is 144 cm³/mol. The second-order valence-electron chi connectivity index (χ2n) is 10.7. The maximum absolute atomic E-state index is 13.5. The molecule has 10 nitrogen and oxygen atoms in total. The summed E-state index contributed by atoms with van der Waals surface area (Å²) in [5.74, 6) is -3.32. The van der Waals surface area contributed by atoms with Gasteiger partial charge >= 0.3 is 12.1 Å². The molecule has 4 rings (SSSR count). The van der Waals surface area contributed by atoms with Gasteiger partial charge in [-0.3, -0.25) is 9.59 Å². The first-order valence-corrected chi connectivity index (χ1v) is 14.8. The van der Waals surface area contributed by atoms with Crippen molar-refractivity contribution in [2.75, 3.05) is 6.54 Å². The van der Waals surface area contributed by atoms with E-state index >= 15 is 0 Å². The number of sulfonamides is 1. The van der Waals surface area contributed by atoms with E-state index in [0.29, 0.717) is 17.6 Å². The van der Waals surface area contributed by atoms with Crippen LogP contribution in [0, 0.1) is 11.7 Å². The second-order valence-corrected chi connectivity index (χ2v) is 12.5. The lowest BCUT2D eigenvalue weighted by atomic mass is 10.0. The Morgan fingerprint density at radius 1 is 1.16 bits per heavy atom. The number of fused-ring (bicyclic) bond motifs is 1. The van der Waals surface area contributed by atoms with Crippen LogP contribution in [0.4, 0.5) is 17.6 Å². The number of Topliss-reactive ketones (excluding diaryl/α,β-unsaturated/α-hetero) is 1. The molecule has 232 valence electrons. The van der Waals surface area contributed by atoms with Crippen molar-refractivity contribution in [1.29, 1.82) is 0 Å². The van der Waals surface area contributed by atoms with Gasteiger partial charge in [-0.15, -0.1) is 0 Å². The van der Waals surface area contributed by atoms with E-state index in [1.807, 2.05) is 0 Å². The summed E-state index contributed by atoms with van der Waals surface area (Å²) in [7, 11) is -4.46. The lowest BCUT2D eigenvalue weighted by Crippen LogP contribution is -2.49. The van der Waals surface area contributed by atoms with Gasteiger partial charge in [0, 0.05) is 17.6 Å². The number of furan rings is 1. The van der Waals surface area contributed by atoms with Crippen LogP contribution < -0.4 is 5.32 Å². The lowest BCUT2D eigenvalue weighted by Gasteiger charge is -2.25. The molecule has 1 aromatic carbocycles. The van der Waals surface area contributed by atoms with Crippen LogP contribution in [0.15, 0.2) is 52.0 Å². The molecule has 0 saturated carbocycles. The third kappa shape index (κ3) is 7.39. The Kier molecular flexibility index (Phi) is 9.25. The third-order valence-corrected chi connectivity index (χ3v) is 8.80. The number of nitrogens with zero attached hydrogens (tertiary/aromatic N) is 2. The topological polar surface area (TPSA) is 136 Å². The zero-order valence-corrected chi connectivity index (χ0v) is 24.2. The van der Waals surface area contributed by atoms with Crippen LogP contribution >= 0.6 is 0 Å². The standard InChI is InChI=1S/C28H29F4N3O7S/c1-15(2)10-23(42-27(38)24-12-17-11-19(29)6-8-22(17)41-24)26(37)34-20-7-4-16(3)35(14-21(20)36)43(39,40)25-9-5-18(13-33-25)28(30,31)32/h5-6,8-9,11-13,15-16,20,23H,4,7,10,14H2,1-3H3,(H,34,37)/t16-,20+,23+/m1/s1. The number of hydrogen-bond acceptors (Lipinski definition) is 8. The first-order valence-electron chi connectivity index (χ1n) is 13.3. The maximum atomic E-state index is 13.5. The summed E-state index contributed by atoms with van der Waals surface area (Å²) in [6.07, 6.45) is -5.37. The number of ether oxygens (including phenoxy) is 1. The van der Waals surface area contributed by atoms with Crippen LogP contribution in [0.25, 0.3) is 11.0 Å². The van der Waals surface area contributed by atoms with Crippen molar-refractivity contribution < 1.29 is 49.5 Å². The van der Waals surface area contributed by atoms with Crippen molar-refractivity contribution in [3.05, 3.63) is 59.7 Å². The van der Waals surface area contributed by atoms with Crippen molar-refractivity contribution in [2.45, 2.75) is 69.4 Å². The van der Waals surface area contributed by atoms with Crippen LogP contribution in [0.5, 0.6) is 0 Å². The zero-order valence-electron chi connectivity index (χ0n) is 23.4. The highest BCUT2D eigenvalue weighted by atomic mass is 32.2. The number of alkyl halides is 3. The molecule has 0 bridgehead atoms.